The third-order valence-electron chi connectivity index (χ3n) is 5.98. The Labute approximate surface area is 160 Å². The van der Waals surface area contributed by atoms with E-state index in [-0.39, 0.29) is 17.0 Å². The van der Waals surface area contributed by atoms with Crippen LogP contribution < -0.4 is 0 Å². The molecule has 1 atom stereocenters. The average molecular weight is 363 g/mol. The van der Waals surface area contributed by atoms with Crippen LogP contribution in [0.5, 0.6) is 5.75 Å². The van der Waals surface area contributed by atoms with E-state index in [1.54, 1.807) is 12.1 Å². The van der Waals surface area contributed by atoms with E-state index < -0.39 is 0 Å². The first kappa shape index (κ1) is 22.5. The van der Waals surface area contributed by atoms with Gasteiger partial charge in [0.1, 0.15) is 11.4 Å². The number of carbonyl (C=O) groups is 1. The van der Waals surface area contributed by atoms with E-state index in [9.17, 15) is 4.79 Å². The van der Waals surface area contributed by atoms with E-state index >= 15 is 0 Å². The number of hydrogen-bond donors (Lipinski definition) is 1. The highest BCUT2D eigenvalue weighted by Gasteiger charge is 2.39. The molecule has 3 nitrogen and oxygen atoms in total. The molecule has 2 rings (SSSR count). The number of rotatable bonds is 6. The number of phenols is 1. The van der Waals surface area contributed by atoms with Crippen molar-refractivity contribution in [1.29, 1.82) is 0 Å². The van der Waals surface area contributed by atoms with Crippen molar-refractivity contribution in [2.24, 2.45) is 5.41 Å². The molecule has 26 heavy (non-hydrogen) atoms. The minimum absolute atomic E-state index is 0.0197. The van der Waals surface area contributed by atoms with E-state index in [4.69, 9.17) is 9.84 Å². The molecular weight excluding hydrogens is 324 g/mol. The average Bonchev–Trinajstić information content (AvgIpc) is 3.11. The summed E-state index contributed by atoms with van der Waals surface area (Å²) in [6.45, 7) is 12.4. The summed E-state index contributed by atoms with van der Waals surface area (Å²) in [7, 11) is 0. The first-order chi connectivity index (χ1) is 12.2. The second-order valence-corrected chi connectivity index (χ2v) is 8.27. The van der Waals surface area contributed by atoms with E-state index in [1.807, 2.05) is 32.9 Å². The number of ether oxygens (including phenoxy) is 1. The zero-order valence-corrected chi connectivity index (χ0v) is 17.6. The highest BCUT2D eigenvalue weighted by molar-refractivity contribution is 5.76. The van der Waals surface area contributed by atoms with Crippen LogP contribution in [0, 0.1) is 5.41 Å². The molecule has 1 fully saturated rings. The van der Waals surface area contributed by atoms with E-state index in [2.05, 4.69) is 20.8 Å². The van der Waals surface area contributed by atoms with E-state index in [0.29, 0.717) is 11.7 Å². The van der Waals surface area contributed by atoms with Crippen LogP contribution in [0.1, 0.15) is 98.0 Å². The molecule has 3 heteroatoms. The Morgan fingerprint density at radius 2 is 1.69 bits per heavy atom. The van der Waals surface area contributed by atoms with Crippen molar-refractivity contribution in [3.05, 3.63) is 29.8 Å². The Hall–Kier alpha value is -1.51. The maximum atomic E-state index is 12.0. The second-order valence-electron chi connectivity index (χ2n) is 8.27. The molecular formula is C23H38O3. The summed E-state index contributed by atoms with van der Waals surface area (Å²) in [5.74, 6) is 0.918. The van der Waals surface area contributed by atoms with Gasteiger partial charge in [-0.25, -0.2) is 0 Å². The maximum Gasteiger partial charge on any atom is 0.312 e. The Balaban J connectivity index is 0.000000273. The van der Waals surface area contributed by atoms with Gasteiger partial charge in [0.05, 0.1) is 5.41 Å². The summed E-state index contributed by atoms with van der Waals surface area (Å²) in [5, 5.41) is 9.01. The zero-order chi connectivity index (χ0) is 19.8. The Kier molecular flexibility index (Phi) is 8.66. The number of hydrogen-bond acceptors (Lipinski definition) is 3. The van der Waals surface area contributed by atoms with Gasteiger partial charge in [0.15, 0.2) is 0 Å². The molecule has 0 bridgehead atoms. The molecule has 0 amide bonds. The van der Waals surface area contributed by atoms with Crippen LogP contribution in [-0.4, -0.2) is 16.7 Å². The molecule has 0 heterocycles. The van der Waals surface area contributed by atoms with Gasteiger partial charge in [0.25, 0.3) is 0 Å². The number of esters is 1. The fourth-order valence-corrected chi connectivity index (χ4v) is 3.06. The van der Waals surface area contributed by atoms with E-state index in [0.717, 1.165) is 32.1 Å². The first-order valence-electron chi connectivity index (χ1n) is 10.2. The predicted molar refractivity (Wildman–Crippen MR) is 108 cm³/mol. The highest BCUT2D eigenvalue weighted by Crippen LogP contribution is 2.38. The first-order valence-corrected chi connectivity index (χ1v) is 10.2. The molecule has 1 N–H and O–H groups in total. The Bertz CT molecular complexity index is 539. The van der Waals surface area contributed by atoms with Crippen molar-refractivity contribution >= 4 is 5.97 Å². The van der Waals surface area contributed by atoms with Crippen LogP contribution in [0.4, 0.5) is 0 Å². The van der Waals surface area contributed by atoms with Gasteiger partial charge in [0, 0.05) is 0 Å². The molecule has 1 aromatic carbocycles. The van der Waals surface area contributed by atoms with Crippen LogP contribution >= 0.6 is 0 Å². The van der Waals surface area contributed by atoms with Gasteiger partial charge in [0.2, 0.25) is 0 Å². The van der Waals surface area contributed by atoms with Gasteiger partial charge >= 0.3 is 5.97 Å². The normalized spacial score (nSPS) is 17.2. The molecule has 0 aliphatic heterocycles. The lowest BCUT2D eigenvalue weighted by molar-refractivity contribution is -0.170. The maximum absolute atomic E-state index is 12.0. The van der Waals surface area contributed by atoms with Gasteiger partial charge in [-0.2, -0.15) is 0 Å². The third-order valence-corrected chi connectivity index (χ3v) is 5.98. The standard InChI is InChI=1S/C13H24O2.C10H14O/c1-5-12(3,4)11(14)15-13(6-2)9-7-8-10-13;1-3-8(2)9-4-6-10(11)7-5-9/h5-10H2,1-4H3;4-8,11H,3H2,1-2H3. The lowest BCUT2D eigenvalue weighted by atomic mass is 9.89. The Morgan fingerprint density at radius 3 is 2.12 bits per heavy atom. The summed E-state index contributed by atoms with van der Waals surface area (Å²) in [6, 6.07) is 7.43. The molecule has 0 radical (unpaired) electrons. The number of aromatic hydroxyl groups is 1. The molecule has 1 aromatic rings. The predicted octanol–water partition coefficient (Wildman–Crippen LogP) is 6.59. The minimum Gasteiger partial charge on any atom is -0.508 e. The smallest absolute Gasteiger partial charge is 0.312 e. The highest BCUT2D eigenvalue weighted by atomic mass is 16.6. The fraction of sp³-hybridized carbons (Fsp3) is 0.696. The SMILES string of the molecule is CCC(C)c1ccc(O)cc1.CCC1(OC(=O)C(C)(C)CC)CCCC1. The van der Waals surface area contributed by atoms with Crippen molar-refractivity contribution < 1.29 is 14.6 Å². The van der Waals surface area contributed by atoms with Crippen LogP contribution in [0.3, 0.4) is 0 Å². The lowest BCUT2D eigenvalue weighted by Crippen LogP contribution is -2.37. The molecule has 1 saturated carbocycles. The zero-order valence-electron chi connectivity index (χ0n) is 17.6. The van der Waals surface area contributed by atoms with Gasteiger partial charge in [-0.15, -0.1) is 0 Å². The van der Waals surface area contributed by atoms with Gasteiger partial charge in [-0.05, 0) is 82.4 Å². The second kappa shape index (κ2) is 9.99. The van der Waals surface area contributed by atoms with E-state index in [1.165, 1.54) is 18.4 Å². The van der Waals surface area contributed by atoms with Crippen molar-refractivity contribution in [3.63, 3.8) is 0 Å². The van der Waals surface area contributed by atoms with Crippen molar-refractivity contribution in [2.45, 2.75) is 98.0 Å². The summed E-state index contributed by atoms with van der Waals surface area (Å²) >= 11 is 0. The number of carbonyl (C=O) groups excluding carboxylic acids is 1. The third kappa shape index (κ3) is 6.34. The molecule has 0 saturated heterocycles. The monoisotopic (exact) mass is 362 g/mol. The van der Waals surface area contributed by atoms with Gasteiger partial charge in [-0.1, -0.05) is 39.8 Å². The van der Waals surface area contributed by atoms with Crippen molar-refractivity contribution in [3.8, 4) is 5.75 Å². The topological polar surface area (TPSA) is 46.5 Å². The van der Waals surface area contributed by atoms with Crippen LogP contribution in [0.2, 0.25) is 0 Å². The molecule has 1 aliphatic carbocycles. The molecule has 1 aliphatic rings. The van der Waals surface area contributed by atoms with Gasteiger partial charge in [-0.3, -0.25) is 4.79 Å². The van der Waals surface area contributed by atoms with Crippen LogP contribution in [0.15, 0.2) is 24.3 Å². The summed E-state index contributed by atoms with van der Waals surface area (Å²) in [5.41, 5.74) is 0.833. The summed E-state index contributed by atoms with van der Waals surface area (Å²) < 4.78 is 5.76. The summed E-state index contributed by atoms with van der Waals surface area (Å²) in [4.78, 5) is 12.0. The number of benzene rings is 1. The molecule has 1 unspecified atom stereocenters. The molecule has 0 spiro atoms. The Morgan fingerprint density at radius 1 is 1.15 bits per heavy atom. The van der Waals surface area contributed by atoms with Crippen LogP contribution in [0.25, 0.3) is 0 Å². The quantitative estimate of drug-likeness (QED) is 0.580. The molecule has 0 aromatic heterocycles. The minimum atomic E-state index is -0.329. The van der Waals surface area contributed by atoms with Crippen molar-refractivity contribution in [1.82, 2.24) is 0 Å². The van der Waals surface area contributed by atoms with Gasteiger partial charge < -0.3 is 9.84 Å². The lowest BCUT2D eigenvalue weighted by Gasteiger charge is -2.32. The largest absolute Gasteiger partial charge is 0.508 e. The fourth-order valence-electron chi connectivity index (χ4n) is 3.06. The summed E-state index contributed by atoms with van der Waals surface area (Å²) in [6.07, 6.45) is 7.44. The molecule has 148 valence electrons. The van der Waals surface area contributed by atoms with Crippen LogP contribution in [-0.2, 0) is 9.53 Å². The van der Waals surface area contributed by atoms with Crippen molar-refractivity contribution in [2.75, 3.05) is 0 Å². The number of phenolic OH excluding ortho intramolecular Hbond substituents is 1.